The van der Waals surface area contributed by atoms with Crippen LogP contribution in [0.2, 0.25) is 0 Å². The van der Waals surface area contributed by atoms with Crippen LogP contribution in [0, 0.1) is 0 Å². The van der Waals surface area contributed by atoms with E-state index >= 15 is 0 Å². The van der Waals surface area contributed by atoms with Crippen molar-refractivity contribution < 1.29 is 19.0 Å². The number of benzene rings is 2. The first-order chi connectivity index (χ1) is 11.7. The largest absolute Gasteiger partial charge is 0.497 e. The normalized spacial score (nSPS) is 10.6. The molecular weight excluding hydrogens is 308 g/mol. The van der Waals surface area contributed by atoms with Gasteiger partial charge in [0.1, 0.15) is 23.7 Å². The Bertz CT molecular complexity index is 886. The van der Waals surface area contributed by atoms with E-state index in [1.807, 2.05) is 42.5 Å². The van der Waals surface area contributed by atoms with Gasteiger partial charge in [0.05, 0.1) is 26.8 Å². The number of carbonyl (C=O) groups excluding carboxylic acids is 1. The first-order valence-corrected chi connectivity index (χ1v) is 7.42. The lowest BCUT2D eigenvalue weighted by molar-refractivity contribution is -0.141. The molecule has 0 bridgehead atoms. The number of rotatable bonds is 5. The second kappa shape index (κ2) is 6.62. The van der Waals surface area contributed by atoms with Gasteiger partial charge in [-0.3, -0.25) is 9.48 Å². The number of para-hydroxylation sites is 1. The quantitative estimate of drug-likeness (QED) is 0.675. The van der Waals surface area contributed by atoms with Crippen LogP contribution in [0.5, 0.6) is 11.5 Å². The number of hydrogen-bond acceptors (Lipinski definition) is 5. The summed E-state index contributed by atoms with van der Waals surface area (Å²) in [6.07, 6.45) is 0. The maximum atomic E-state index is 11.7. The van der Waals surface area contributed by atoms with E-state index in [9.17, 15) is 4.79 Å². The summed E-state index contributed by atoms with van der Waals surface area (Å²) in [7, 11) is 4.58. The number of hydrogen-bond donors (Lipinski definition) is 0. The number of ether oxygens (including phenoxy) is 3. The van der Waals surface area contributed by atoms with Gasteiger partial charge in [0, 0.05) is 10.9 Å². The Hall–Kier alpha value is -3.02. The van der Waals surface area contributed by atoms with Crippen LogP contribution in [0.3, 0.4) is 0 Å². The van der Waals surface area contributed by atoms with Gasteiger partial charge in [0.25, 0.3) is 0 Å². The van der Waals surface area contributed by atoms with Gasteiger partial charge in [0.2, 0.25) is 0 Å². The highest BCUT2D eigenvalue weighted by molar-refractivity contribution is 5.95. The van der Waals surface area contributed by atoms with Crippen molar-refractivity contribution in [2.75, 3.05) is 21.3 Å². The summed E-state index contributed by atoms with van der Waals surface area (Å²) in [5.41, 5.74) is 2.38. The van der Waals surface area contributed by atoms with Crippen molar-refractivity contribution in [3.8, 4) is 22.8 Å². The molecule has 0 spiro atoms. The average Bonchev–Trinajstić information content (AvgIpc) is 2.99. The van der Waals surface area contributed by atoms with Gasteiger partial charge in [0.15, 0.2) is 0 Å². The lowest BCUT2D eigenvalue weighted by Gasteiger charge is -2.09. The molecule has 0 aliphatic carbocycles. The zero-order valence-corrected chi connectivity index (χ0v) is 13.8. The lowest BCUT2D eigenvalue weighted by Crippen LogP contribution is -2.12. The maximum absolute atomic E-state index is 11.7. The average molecular weight is 326 g/mol. The van der Waals surface area contributed by atoms with E-state index in [2.05, 4.69) is 5.10 Å². The molecule has 6 nitrogen and oxygen atoms in total. The SMILES string of the molecule is COC(=O)Cn1nc(-c2cc(OC)ccc2OC)c2ccccc21. The summed E-state index contributed by atoms with van der Waals surface area (Å²) in [4.78, 5) is 11.7. The molecule has 0 unspecified atom stereocenters. The minimum atomic E-state index is -0.354. The third kappa shape index (κ3) is 2.78. The van der Waals surface area contributed by atoms with Crippen molar-refractivity contribution >= 4 is 16.9 Å². The molecule has 0 aliphatic rings. The summed E-state index contributed by atoms with van der Waals surface area (Å²) < 4.78 is 17.2. The molecule has 3 rings (SSSR count). The second-order valence-electron chi connectivity index (χ2n) is 5.17. The number of carbonyl (C=O) groups is 1. The van der Waals surface area contributed by atoms with Crippen LogP contribution in [-0.4, -0.2) is 37.1 Å². The Balaban J connectivity index is 2.22. The van der Waals surface area contributed by atoms with Crippen molar-refractivity contribution in [1.29, 1.82) is 0 Å². The van der Waals surface area contributed by atoms with Crippen LogP contribution in [0.25, 0.3) is 22.2 Å². The van der Waals surface area contributed by atoms with Gasteiger partial charge in [-0.15, -0.1) is 0 Å². The van der Waals surface area contributed by atoms with Crippen LogP contribution in [0.1, 0.15) is 0 Å². The Morgan fingerprint density at radius 2 is 1.88 bits per heavy atom. The van der Waals surface area contributed by atoms with Crippen LogP contribution in [0.4, 0.5) is 0 Å². The van der Waals surface area contributed by atoms with Crippen LogP contribution in [-0.2, 0) is 16.1 Å². The summed E-state index contributed by atoms with van der Waals surface area (Å²) in [6.45, 7) is 0.0449. The highest BCUT2D eigenvalue weighted by Gasteiger charge is 2.18. The summed E-state index contributed by atoms with van der Waals surface area (Å²) in [5.74, 6) is 1.04. The molecule has 0 fully saturated rings. The zero-order chi connectivity index (χ0) is 17.1. The molecular formula is C18H18N2O4. The number of fused-ring (bicyclic) bond motifs is 1. The van der Waals surface area contributed by atoms with Crippen molar-refractivity contribution in [2.45, 2.75) is 6.54 Å². The van der Waals surface area contributed by atoms with Crippen LogP contribution in [0.15, 0.2) is 42.5 Å². The fourth-order valence-electron chi connectivity index (χ4n) is 2.63. The van der Waals surface area contributed by atoms with E-state index in [1.165, 1.54) is 7.11 Å². The van der Waals surface area contributed by atoms with E-state index in [0.717, 1.165) is 22.2 Å². The van der Waals surface area contributed by atoms with Gasteiger partial charge >= 0.3 is 5.97 Å². The lowest BCUT2D eigenvalue weighted by atomic mass is 10.1. The molecule has 124 valence electrons. The second-order valence-corrected chi connectivity index (χ2v) is 5.17. The van der Waals surface area contributed by atoms with Gasteiger partial charge in [-0.25, -0.2) is 0 Å². The summed E-state index contributed by atoms with van der Waals surface area (Å²) in [6, 6.07) is 13.3. The third-order valence-electron chi connectivity index (χ3n) is 3.83. The first-order valence-electron chi connectivity index (χ1n) is 7.42. The summed E-state index contributed by atoms with van der Waals surface area (Å²) >= 11 is 0. The van der Waals surface area contributed by atoms with E-state index in [-0.39, 0.29) is 12.5 Å². The molecule has 2 aromatic carbocycles. The smallest absolute Gasteiger partial charge is 0.327 e. The topological polar surface area (TPSA) is 62.6 Å². The molecule has 1 heterocycles. The molecule has 24 heavy (non-hydrogen) atoms. The zero-order valence-electron chi connectivity index (χ0n) is 13.8. The molecule has 0 atom stereocenters. The van der Waals surface area contributed by atoms with Gasteiger partial charge in [-0.05, 0) is 24.3 Å². The molecule has 0 aliphatic heterocycles. The number of aromatic nitrogens is 2. The van der Waals surface area contributed by atoms with Crippen molar-refractivity contribution in [3.05, 3.63) is 42.5 Å². The first kappa shape index (κ1) is 15.9. The van der Waals surface area contributed by atoms with E-state index < -0.39 is 0 Å². The molecule has 1 aromatic heterocycles. The van der Waals surface area contributed by atoms with Gasteiger partial charge in [-0.1, -0.05) is 18.2 Å². The van der Waals surface area contributed by atoms with E-state index in [1.54, 1.807) is 18.9 Å². The molecule has 6 heteroatoms. The van der Waals surface area contributed by atoms with Gasteiger partial charge < -0.3 is 14.2 Å². The molecule has 0 saturated heterocycles. The van der Waals surface area contributed by atoms with Crippen molar-refractivity contribution in [2.24, 2.45) is 0 Å². The van der Waals surface area contributed by atoms with E-state index in [4.69, 9.17) is 14.2 Å². The predicted octanol–water partition coefficient (Wildman–Crippen LogP) is 2.89. The number of methoxy groups -OCH3 is 3. The molecule has 3 aromatic rings. The third-order valence-corrected chi connectivity index (χ3v) is 3.83. The summed E-state index contributed by atoms with van der Waals surface area (Å²) in [5, 5.41) is 5.54. The Labute approximate surface area is 139 Å². The molecule has 0 saturated carbocycles. The van der Waals surface area contributed by atoms with Crippen LogP contribution >= 0.6 is 0 Å². The Morgan fingerprint density at radius 3 is 2.58 bits per heavy atom. The fraction of sp³-hybridized carbons (Fsp3) is 0.222. The fourth-order valence-corrected chi connectivity index (χ4v) is 2.63. The highest BCUT2D eigenvalue weighted by atomic mass is 16.5. The van der Waals surface area contributed by atoms with E-state index in [0.29, 0.717) is 11.5 Å². The standard InChI is InChI=1S/C18H18N2O4/c1-22-12-8-9-16(23-2)14(10-12)18-13-6-4-5-7-15(13)20(19-18)11-17(21)24-3/h4-10H,11H2,1-3H3. The highest BCUT2D eigenvalue weighted by Crippen LogP contribution is 2.36. The van der Waals surface area contributed by atoms with Crippen molar-refractivity contribution in [3.63, 3.8) is 0 Å². The van der Waals surface area contributed by atoms with Gasteiger partial charge in [-0.2, -0.15) is 5.10 Å². The molecule has 0 N–H and O–H groups in total. The monoisotopic (exact) mass is 326 g/mol. The van der Waals surface area contributed by atoms with Crippen LogP contribution < -0.4 is 9.47 Å². The maximum Gasteiger partial charge on any atom is 0.327 e. The molecule has 0 amide bonds. The van der Waals surface area contributed by atoms with Crippen molar-refractivity contribution in [1.82, 2.24) is 9.78 Å². The Kier molecular flexibility index (Phi) is 4.37. The minimum Gasteiger partial charge on any atom is -0.497 e. The minimum absolute atomic E-state index is 0.0449. The Morgan fingerprint density at radius 1 is 1.08 bits per heavy atom. The number of esters is 1. The predicted molar refractivity (Wildman–Crippen MR) is 90.3 cm³/mol. The molecule has 0 radical (unpaired) electrons. The number of nitrogens with zero attached hydrogens (tertiary/aromatic N) is 2.